The van der Waals surface area contributed by atoms with Crippen LogP contribution in [0.15, 0.2) is 18.2 Å². The maximum atomic E-state index is 11.7. The smallest absolute Gasteiger partial charge is 0.338 e. The number of carbonyl (C=O) groups is 1. The monoisotopic (exact) mass is 248 g/mol. The van der Waals surface area contributed by atoms with Crippen molar-refractivity contribution in [1.82, 2.24) is 0 Å². The predicted molar refractivity (Wildman–Crippen MR) is 72.9 cm³/mol. The highest BCUT2D eigenvalue weighted by atomic mass is 16.5. The van der Waals surface area contributed by atoms with Gasteiger partial charge in [-0.05, 0) is 37.5 Å². The summed E-state index contributed by atoms with van der Waals surface area (Å²) in [6.07, 6.45) is 3.24. The lowest BCUT2D eigenvalue weighted by atomic mass is 10.1. The maximum absolute atomic E-state index is 11.7. The van der Waals surface area contributed by atoms with Crippen LogP contribution in [-0.4, -0.2) is 25.7 Å². The van der Waals surface area contributed by atoms with E-state index in [0.29, 0.717) is 17.9 Å². The summed E-state index contributed by atoms with van der Waals surface area (Å²) in [5.74, 6) is -0.295. The van der Waals surface area contributed by atoms with E-state index in [1.165, 1.54) is 12.8 Å². The second-order valence-corrected chi connectivity index (χ2v) is 4.60. The molecule has 1 fully saturated rings. The normalized spacial score (nSPS) is 14.8. The summed E-state index contributed by atoms with van der Waals surface area (Å²) in [5.41, 5.74) is 8.23. The summed E-state index contributed by atoms with van der Waals surface area (Å²) < 4.78 is 5.09. The Labute approximate surface area is 108 Å². The van der Waals surface area contributed by atoms with E-state index in [9.17, 15) is 4.79 Å². The molecule has 4 nitrogen and oxygen atoms in total. The van der Waals surface area contributed by atoms with E-state index in [4.69, 9.17) is 10.5 Å². The van der Waals surface area contributed by atoms with Crippen LogP contribution in [0.3, 0.4) is 0 Å². The highest BCUT2D eigenvalue weighted by Gasteiger charge is 2.16. The van der Waals surface area contributed by atoms with Crippen molar-refractivity contribution in [3.05, 3.63) is 23.8 Å². The molecule has 0 unspecified atom stereocenters. The maximum Gasteiger partial charge on any atom is 0.338 e. The van der Waals surface area contributed by atoms with Gasteiger partial charge < -0.3 is 15.4 Å². The Morgan fingerprint density at radius 2 is 2.11 bits per heavy atom. The molecule has 0 amide bonds. The Hall–Kier alpha value is -1.71. The van der Waals surface area contributed by atoms with E-state index in [0.717, 1.165) is 25.2 Å². The second kappa shape index (κ2) is 5.76. The van der Waals surface area contributed by atoms with Gasteiger partial charge in [0.05, 0.1) is 23.5 Å². The van der Waals surface area contributed by atoms with E-state index in [2.05, 4.69) is 4.90 Å². The quantitative estimate of drug-likeness (QED) is 0.657. The minimum atomic E-state index is -0.295. The summed E-state index contributed by atoms with van der Waals surface area (Å²) in [5, 5.41) is 0. The molecule has 1 aromatic carbocycles. The SMILES string of the molecule is CCCOC(=O)c1ccc(N2CCCC2)c(N)c1. The van der Waals surface area contributed by atoms with E-state index < -0.39 is 0 Å². The number of nitrogens with zero attached hydrogens (tertiary/aromatic N) is 1. The summed E-state index contributed by atoms with van der Waals surface area (Å²) in [6.45, 7) is 4.51. The minimum Gasteiger partial charge on any atom is -0.462 e. The summed E-state index contributed by atoms with van der Waals surface area (Å²) >= 11 is 0. The molecule has 0 atom stereocenters. The molecule has 0 radical (unpaired) electrons. The average molecular weight is 248 g/mol. The highest BCUT2D eigenvalue weighted by Crippen LogP contribution is 2.27. The molecule has 0 bridgehead atoms. The number of hydrogen-bond donors (Lipinski definition) is 1. The first kappa shape index (κ1) is 12.7. The van der Waals surface area contributed by atoms with Crippen LogP contribution in [0, 0.1) is 0 Å². The number of rotatable bonds is 4. The Bertz CT molecular complexity index is 426. The Morgan fingerprint density at radius 3 is 2.72 bits per heavy atom. The molecular formula is C14H20N2O2. The van der Waals surface area contributed by atoms with Gasteiger partial charge in [0.2, 0.25) is 0 Å². The van der Waals surface area contributed by atoms with Crippen molar-refractivity contribution in [3.63, 3.8) is 0 Å². The first-order valence-corrected chi connectivity index (χ1v) is 6.54. The van der Waals surface area contributed by atoms with Gasteiger partial charge in [-0.15, -0.1) is 0 Å². The van der Waals surface area contributed by atoms with Gasteiger partial charge in [0.1, 0.15) is 0 Å². The molecule has 1 aliphatic rings. The van der Waals surface area contributed by atoms with Gasteiger partial charge in [0.15, 0.2) is 0 Å². The molecule has 0 saturated carbocycles. The van der Waals surface area contributed by atoms with Crippen LogP contribution in [0.4, 0.5) is 11.4 Å². The molecule has 1 heterocycles. The minimum absolute atomic E-state index is 0.295. The number of nitrogen functional groups attached to an aromatic ring is 1. The van der Waals surface area contributed by atoms with Crippen LogP contribution in [0.1, 0.15) is 36.5 Å². The Morgan fingerprint density at radius 1 is 1.39 bits per heavy atom. The van der Waals surface area contributed by atoms with Crippen molar-refractivity contribution in [2.24, 2.45) is 0 Å². The molecule has 1 aromatic rings. The van der Waals surface area contributed by atoms with Gasteiger partial charge in [0, 0.05) is 13.1 Å². The van der Waals surface area contributed by atoms with E-state index in [1.54, 1.807) is 12.1 Å². The van der Waals surface area contributed by atoms with Crippen LogP contribution < -0.4 is 10.6 Å². The van der Waals surface area contributed by atoms with Crippen LogP contribution in [-0.2, 0) is 4.74 Å². The molecule has 2 rings (SSSR count). The number of carbonyl (C=O) groups excluding carboxylic acids is 1. The number of hydrogen-bond acceptors (Lipinski definition) is 4. The van der Waals surface area contributed by atoms with Crippen LogP contribution in [0.5, 0.6) is 0 Å². The molecule has 0 aromatic heterocycles. The van der Waals surface area contributed by atoms with E-state index in [1.807, 2.05) is 13.0 Å². The largest absolute Gasteiger partial charge is 0.462 e. The lowest BCUT2D eigenvalue weighted by molar-refractivity contribution is 0.0505. The standard InChI is InChI=1S/C14H20N2O2/c1-2-9-18-14(17)11-5-6-13(12(15)10-11)16-7-3-4-8-16/h5-6,10H,2-4,7-9,15H2,1H3. The molecule has 1 aliphatic heterocycles. The van der Waals surface area contributed by atoms with Gasteiger partial charge in [-0.2, -0.15) is 0 Å². The summed E-state index contributed by atoms with van der Waals surface area (Å²) in [6, 6.07) is 5.43. The van der Waals surface area contributed by atoms with Crippen molar-refractivity contribution in [1.29, 1.82) is 0 Å². The fraction of sp³-hybridized carbons (Fsp3) is 0.500. The third kappa shape index (κ3) is 2.75. The zero-order valence-electron chi connectivity index (χ0n) is 10.8. The molecule has 0 aliphatic carbocycles. The zero-order chi connectivity index (χ0) is 13.0. The van der Waals surface area contributed by atoms with Crippen molar-refractivity contribution < 1.29 is 9.53 Å². The van der Waals surface area contributed by atoms with Gasteiger partial charge in [-0.3, -0.25) is 0 Å². The number of benzene rings is 1. The lowest BCUT2D eigenvalue weighted by Crippen LogP contribution is -2.19. The number of anilines is 2. The van der Waals surface area contributed by atoms with Crippen molar-refractivity contribution in [3.8, 4) is 0 Å². The first-order valence-electron chi connectivity index (χ1n) is 6.54. The average Bonchev–Trinajstić information content (AvgIpc) is 2.89. The van der Waals surface area contributed by atoms with Crippen molar-refractivity contribution in [2.45, 2.75) is 26.2 Å². The van der Waals surface area contributed by atoms with Crippen molar-refractivity contribution >= 4 is 17.3 Å². The first-order chi connectivity index (χ1) is 8.72. The highest BCUT2D eigenvalue weighted by molar-refractivity contribution is 5.92. The molecule has 18 heavy (non-hydrogen) atoms. The zero-order valence-corrected chi connectivity index (χ0v) is 10.8. The number of esters is 1. The van der Waals surface area contributed by atoms with Gasteiger partial charge in [-0.1, -0.05) is 6.92 Å². The topological polar surface area (TPSA) is 55.6 Å². The number of ether oxygens (including phenoxy) is 1. The van der Waals surface area contributed by atoms with Gasteiger partial charge in [-0.25, -0.2) is 4.79 Å². The van der Waals surface area contributed by atoms with Crippen molar-refractivity contribution in [2.75, 3.05) is 30.3 Å². The fourth-order valence-electron chi connectivity index (χ4n) is 2.21. The number of nitrogens with two attached hydrogens (primary N) is 1. The third-order valence-electron chi connectivity index (χ3n) is 3.15. The lowest BCUT2D eigenvalue weighted by Gasteiger charge is -2.20. The molecule has 4 heteroatoms. The van der Waals surface area contributed by atoms with Crippen LogP contribution in [0.25, 0.3) is 0 Å². The molecule has 0 spiro atoms. The fourth-order valence-corrected chi connectivity index (χ4v) is 2.21. The molecule has 2 N–H and O–H groups in total. The molecule has 1 saturated heterocycles. The van der Waals surface area contributed by atoms with E-state index >= 15 is 0 Å². The van der Waals surface area contributed by atoms with E-state index in [-0.39, 0.29) is 5.97 Å². The molecular weight excluding hydrogens is 228 g/mol. The Kier molecular flexibility index (Phi) is 4.07. The third-order valence-corrected chi connectivity index (χ3v) is 3.15. The van der Waals surface area contributed by atoms with Crippen LogP contribution in [0.2, 0.25) is 0 Å². The van der Waals surface area contributed by atoms with Gasteiger partial charge >= 0.3 is 5.97 Å². The summed E-state index contributed by atoms with van der Waals surface area (Å²) in [4.78, 5) is 14.0. The van der Waals surface area contributed by atoms with Gasteiger partial charge in [0.25, 0.3) is 0 Å². The molecule has 98 valence electrons. The summed E-state index contributed by atoms with van der Waals surface area (Å²) in [7, 11) is 0. The van der Waals surface area contributed by atoms with Crippen LogP contribution >= 0.6 is 0 Å². The second-order valence-electron chi connectivity index (χ2n) is 4.60. The Balaban J connectivity index is 2.11. The predicted octanol–water partition coefficient (Wildman–Crippen LogP) is 2.44.